The second kappa shape index (κ2) is 6.09. The van der Waals surface area contributed by atoms with E-state index in [-0.39, 0.29) is 29.0 Å². The Bertz CT molecular complexity index is 809. The molecule has 0 spiro atoms. The highest BCUT2D eigenvalue weighted by Gasteiger charge is 2.28. The molecule has 122 valence electrons. The van der Waals surface area contributed by atoms with E-state index in [4.69, 9.17) is 9.26 Å². The van der Waals surface area contributed by atoms with Crippen LogP contribution >= 0.6 is 0 Å². The first-order valence-electron chi connectivity index (χ1n) is 7.03. The zero-order chi connectivity index (χ0) is 16.4. The maximum Gasteiger partial charge on any atom is 0.338 e. The van der Waals surface area contributed by atoms with E-state index in [1.807, 2.05) is 0 Å². The van der Waals surface area contributed by atoms with Gasteiger partial charge < -0.3 is 9.26 Å². The van der Waals surface area contributed by atoms with Crippen LogP contribution in [0.3, 0.4) is 0 Å². The van der Waals surface area contributed by atoms with Crippen molar-refractivity contribution >= 4 is 16.0 Å². The second-order valence-corrected chi connectivity index (χ2v) is 6.95. The number of esters is 1. The summed E-state index contributed by atoms with van der Waals surface area (Å²) in [6.07, 6.45) is 1.72. The lowest BCUT2D eigenvalue weighted by molar-refractivity contribution is 0.0429. The lowest BCUT2D eigenvalue weighted by Gasteiger charge is -2.06. The van der Waals surface area contributed by atoms with Crippen molar-refractivity contribution in [2.24, 2.45) is 0 Å². The molecule has 1 aromatic heterocycles. The van der Waals surface area contributed by atoms with Crippen LogP contribution in [0.5, 0.6) is 0 Å². The molecule has 0 radical (unpaired) electrons. The molecule has 1 saturated carbocycles. The summed E-state index contributed by atoms with van der Waals surface area (Å²) in [7, 11) is -3.53. The van der Waals surface area contributed by atoms with E-state index in [1.54, 1.807) is 6.92 Å². The summed E-state index contributed by atoms with van der Waals surface area (Å²) in [5.41, 5.74) is 0.242. The van der Waals surface area contributed by atoms with Crippen LogP contribution in [-0.2, 0) is 21.4 Å². The number of nitrogens with one attached hydrogen (secondary N) is 1. The molecule has 0 unspecified atom stereocenters. The Kier molecular flexibility index (Phi) is 4.14. The molecule has 23 heavy (non-hydrogen) atoms. The first-order chi connectivity index (χ1) is 10.9. The van der Waals surface area contributed by atoms with E-state index in [0.717, 1.165) is 12.8 Å². The van der Waals surface area contributed by atoms with Crippen molar-refractivity contribution in [1.82, 2.24) is 14.9 Å². The van der Waals surface area contributed by atoms with Crippen molar-refractivity contribution in [3.63, 3.8) is 0 Å². The first kappa shape index (κ1) is 15.6. The molecule has 0 atom stereocenters. The summed E-state index contributed by atoms with van der Waals surface area (Å²) >= 11 is 0. The SMILES string of the molecule is Cc1noc(COC(=O)c2ccc(S(=O)(=O)NC3CC3)cc2)n1. The average molecular weight is 337 g/mol. The molecule has 1 heterocycles. The number of aromatic nitrogens is 2. The molecule has 0 saturated heterocycles. The number of ether oxygens (including phenoxy) is 1. The molecule has 0 aliphatic heterocycles. The zero-order valence-electron chi connectivity index (χ0n) is 12.4. The van der Waals surface area contributed by atoms with Crippen LogP contribution < -0.4 is 4.72 Å². The van der Waals surface area contributed by atoms with Crippen molar-refractivity contribution in [3.05, 3.63) is 41.5 Å². The predicted octanol–water partition coefficient (Wildman–Crippen LogP) is 1.18. The van der Waals surface area contributed by atoms with Crippen molar-refractivity contribution in [3.8, 4) is 0 Å². The van der Waals surface area contributed by atoms with E-state index >= 15 is 0 Å². The zero-order valence-corrected chi connectivity index (χ0v) is 13.2. The van der Waals surface area contributed by atoms with Gasteiger partial charge in [0.2, 0.25) is 10.0 Å². The molecule has 0 bridgehead atoms. The van der Waals surface area contributed by atoms with Gasteiger partial charge in [-0.3, -0.25) is 0 Å². The van der Waals surface area contributed by atoms with Gasteiger partial charge in [-0.2, -0.15) is 4.98 Å². The Balaban J connectivity index is 1.63. The van der Waals surface area contributed by atoms with Crippen LogP contribution in [0.15, 0.2) is 33.7 Å². The van der Waals surface area contributed by atoms with Crippen molar-refractivity contribution < 1.29 is 22.5 Å². The van der Waals surface area contributed by atoms with E-state index in [0.29, 0.717) is 5.82 Å². The maximum absolute atomic E-state index is 12.0. The summed E-state index contributed by atoms with van der Waals surface area (Å²) in [6.45, 7) is 1.52. The summed E-state index contributed by atoms with van der Waals surface area (Å²) in [4.78, 5) is 15.9. The van der Waals surface area contributed by atoms with Crippen LogP contribution in [0.2, 0.25) is 0 Å². The van der Waals surface area contributed by atoms with Crippen molar-refractivity contribution in [2.75, 3.05) is 0 Å². The summed E-state index contributed by atoms with van der Waals surface area (Å²) in [5, 5.41) is 3.58. The molecule has 1 aromatic carbocycles. The Labute approximate surface area is 132 Å². The summed E-state index contributed by atoms with van der Waals surface area (Å²) < 4.78 is 36.5. The van der Waals surface area contributed by atoms with E-state index in [9.17, 15) is 13.2 Å². The lowest BCUT2D eigenvalue weighted by Crippen LogP contribution is -2.25. The molecule has 1 aliphatic carbocycles. The Morgan fingerprint density at radius 2 is 2.04 bits per heavy atom. The Morgan fingerprint density at radius 3 is 2.61 bits per heavy atom. The lowest BCUT2D eigenvalue weighted by atomic mass is 10.2. The van der Waals surface area contributed by atoms with Crippen LogP contribution in [0.1, 0.15) is 34.9 Å². The molecule has 1 fully saturated rings. The number of carbonyl (C=O) groups excluding carboxylic acids is 1. The van der Waals surface area contributed by atoms with Gasteiger partial charge in [-0.05, 0) is 44.0 Å². The third kappa shape index (κ3) is 3.93. The number of rotatable bonds is 6. The van der Waals surface area contributed by atoms with Crippen LogP contribution in [0, 0.1) is 6.92 Å². The maximum atomic E-state index is 12.0. The number of sulfonamides is 1. The largest absolute Gasteiger partial charge is 0.452 e. The quantitative estimate of drug-likeness (QED) is 0.788. The average Bonchev–Trinajstić information content (AvgIpc) is 3.23. The summed E-state index contributed by atoms with van der Waals surface area (Å²) in [5.74, 6) is 0.0532. The predicted molar refractivity (Wildman–Crippen MR) is 77.9 cm³/mol. The molecule has 0 amide bonds. The van der Waals surface area contributed by atoms with Gasteiger partial charge in [0.1, 0.15) is 0 Å². The van der Waals surface area contributed by atoms with Gasteiger partial charge in [-0.1, -0.05) is 5.16 Å². The molecule has 8 nitrogen and oxygen atoms in total. The molecule has 9 heteroatoms. The number of benzene rings is 1. The van der Waals surface area contributed by atoms with E-state index in [2.05, 4.69) is 14.9 Å². The van der Waals surface area contributed by atoms with Crippen LogP contribution in [0.25, 0.3) is 0 Å². The number of carbonyl (C=O) groups is 1. The van der Waals surface area contributed by atoms with Gasteiger partial charge in [0.15, 0.2) is 12.4 Å². The van der Waals surface area contributed by atoms with Gasteiger partial charge in [0.05, 0.1) is 10.5 Å². The van der Waals surface area contributed by atoms with Gasteiger partial charge in [0, 0.05) is 6.04 Å². The van der Waals surface area contributed by atoms with E-state index in [1.165, 1.54) is 24.3 Å². The fraction of sp³-hybridized carbons (Fsp3) is 0.357. The molecule has 3 rings (SSSR count). The van der Waals surface area contributed by atoms with Gasteiger partial charge >= 0.3 is 5.97 Å². The highest BCUT2D eigenvalue weighted by Crippen LogP contribution is 2.22. The smallest absolute Gasteiger partial charge is 0.338 e. The number of hydrogen-bond donors (Lipinski definition) is 1. The number of nitrogens with zero attached hydrogens (tertiary/aromatic N) is 2. The highest BCUT2D eigenvalue weighted by molar-refractivity contribution is 7.89. The van der Waals surface area contributed by atoms with Gasteiger partial charge in [-0.15, -0.1) is 0 Å². The minimum atomic E-state index is -3.53. The minimum Gasteiger partial charge on any atom is -0.452 e. The fourth-order valence-corrected chi connectivity index (χ4v) is 3.17. The molecule has 2 aromatic rings. The molecular formula is C14H15N3O5S. The van der Waals surface area contributed by atoms with Gasteiger partial charge in [-0.25, -0.2) is 17.9 Å². The third-order valence-electron chi connectivity index (χ3n) is 3.20. The van der Waals surface area contributed by atoms with Gasteiger partial charge in [0.25, 0.3) is 5.89 Å². The van der Waals surface area contributed by atoms with Crippen molar-refractivity contribution in [2.45, 2.75) is 37.3 Å². The third-order valence-corrected chi connectivity index (χ3v) is 4.73. The number of aryl methyl sites for hydroxylation is 1. The standard InChI is InChI=1S/C14H15N3O5S/c1-9-15-13(22-16-9)8-21-14(18)10-2-6-12(7-3-10)23(19,20)17-11-4-5-11/h2-3,6-7,11,17H,4-5,8H2,1H3. The summed E-state index contributed by atoms with van der Waals surface area (Å²) in [6, 6.07) is 5.59. The minimum absolute atomic E-state index is 0.0301. The molecule has 1 N–H and O–H groups in total. The molecule has 1 aliphatic rings. The normalized spacial score (nSPS) is 14.7. The Morgan fingerprint density at radius 1 is 1.35 bits per heavy atom. The molecular weight excluding hydrogens is 322 g/mol. The second-order valence-electron chi connectivity index (χ2n) is 5.23. The fourth-order valence-electron chi connectivity index (χ4n) is 1.87. The number of hydrogen-bond acceptors (Lipinski definition) is 7. The van der Waals surface area contributed by atoms with Crippen molar-refractivity contribution in [1.29, 1.82) is 0 Å². The van der Waals surface area contributed by atoms with Crippen LogP contribution in [0.4, 0.5) is 0 Å². The van der Waals surface area contributed by atoms with E-state index < -0.39 is 16.0 Å². The highest BCUT2D eigenvalue weighted by atomic mass is 32.2. The first-order valence-corrected chi connectivity index (χ1v) is 8.51. The Hall–Kier alpha value is -2.26. The topological polar surface area (TPSA) is 111 Å². The van der Waals surface area contributed by atoms with Crippen LogP contribution in [-0.4, -0.2) is 30.6 Å². The monoisotopic (exact) mass is 337 g/mol.